The molecule has 2 aromatic heterocycles. The Bertz CT molecular complexity index is 6640. The average Bonchev–Trinajstić information content (AvgIpc) is 1.45. The Balaban J connectivity index is 0.768. The van der Waals surface area contributed by atoms with E-state index in [-0.39, 0.29) is 0 Å². The first-order valence-corrected chi connectivity index (χ1v) is 32.5. The van der Waals surface area contributed by atoms with Gasteiger partial charge in [-0.25, -0.2) is 9.97 Å². The third-order valence-electron chi connectivity index (χ3n) is 20.5. The van der Waals surface area contributed by atoms with Gasteiger partial charge in [-0.15, -0.1) is 0 Å². The van der Waals surface area contributed by atoms with Gasteiger partial charge in [-0.2, -0.15) is 0 Å². The van der Waals surface area contributed by atoms with Crippen LogP contribution in [0.3, 0.4) is 0 Å². The molecule has 0 aliphatic carbocycles. The lowest BCUT2D eigenvalue weighted by atomic mass is 9.86. The fourth-order valence-electron chi connectivity index (χ4n) is 16.7. The first kappa shape index (κ1) is 51.3. The highest BCUT2D eigenvalue weighted by atomic mass is 15.1. The zero-order valence-electron chi connectivity index (χ0n) is 50.8. The van der Waals surface area contributed by atoms with Crippen molar-refractivity contribution in [3.05, 3.63) is 315 Å². The van der Waals surface area contributed by atoms with Crippen LogP contribution in [0.4, 0.5) is 0 Å². The minimum atomic E-state index is 0.918. The van der Waals surface area contributed by atoms with Crippen LogP contribution in [0, 0.1) is 0 Å². The number of para-hydroxylation sites is 2. The molecule has 0 unspecified atom stereocenters. The predicted octanol–water partition coefficient (Wildman–Crippen LogP) is 24.3. The lowest BCUT2D eigenvalue weighted by Crippen LogP contribution is -2.00. The highest BCUT2D eigenvalue weighted by Crippen LogP contribution is 2.52. The summed E-state index contributed by atoms with van der Waals surface area (Å²) in [4.78, 5) is 11.9. The Morgan fingerprint density at radius 1 is 0.202 bits per heavy atom. The summed E-state index contributed by atoms with van der Waals surface area (Å²) in [7, 11) is 0. The molecule has 0 fully saturated rings. The third kappa shape index (κ3) is 7.06. The Hall–Kier alpha value is -12.5. The van der Waals surface area contributed by atoms with Crippen molar-refractivity contribution >= 4 is 141 Å². The van der Waals surface area contributed by atoms with E-state index in [2.05, 4.69) is 325 Å². The molecule has 19 aromatic carbocycles. The lowest BCUT2D eigenvalue weighted by molar-refractivity contribution is 1.11. The second-order valence-electron chi connectivity index (χ2n) is 25.3. The van der Waals surface area contributed by atoms with Gasteiger partial charge >= 0.3 is 0 Å². The maximum Gasteiger partial charge on any atom is 0.147 e. The molecule has 0 aliphatic heterocycles. The van der Waals surface area contributed by atoms with E-state index in [0.29, 0.717) is 0 Å². The number of imidazole rings is 2. The van der Waals surface area contributed by atoms with Crippen molar-refractivity contribution in [1.29, 1.82) is 0 Å². The first-order chi connectivity index (χ1) is 46.7. The molecule has 0 bridgehead atoms. The number of nitrogens with zero attached hydrogens (tertiary/aromatic N) is 4. The van der Waals surface area contributed by atoms with Crippen molar-refractivity contribution in [1.82, 2.24) is 19.1 Å². The van der Waals surface area contributed by atoms with Gasteiger partial charge in [0.25, 0.3) is 0 Å². The molecule has 0 N–H and O–H groups in total. The summed E-state index contributed by atoms with van der Waals surface area (Å²) >= 11 is 0. The summed E-state index contributed by atoms with van der Waals surface area (Å²) in [6, 6.07) is 117. The topological polar surface area (TPSA) is 35.6 Å². The van der Waals surface area contributed by atoms with E-state index < -0.39 is 0 Å². The number of aromatic nitrogens is 4. The molecular formula is C90H52N4. The molecule has 94 heavy (non-hydrogen) atoms. The van der Waals surface area contributed by atoms with Gasteiger partial charge < -0.3 is 0 Å². The molecule has 0 radical (unpaired) electrons. The van der Waals surface area contributed by atoms with Crippen LogP contribution in [0.1, 0.15) is 0 Å². The molecule has 0 saturated carbocycles. The number of hydrogen-bond donors (Lipinski definition) is 0. The summed E-state index contributed by atoms with van der Waals surface area (Å²) in [6.45, 7) is 0. The predicted molar refractivity (Wildman–Crippen MR) is 398 cm³/mol. The first-order valence-electron chi connectivity index (χ1n) is 32.5. The van der Waals surface area contributed by atoms with E-state index in [4.69, 9.17) is 9.97 Å². The van der Waals surface area contributed by atoms with E-state index in [9.17, 15) is 0 Å². The normalized spacial score (nSPS) is 12.3. The highest BCUT2D eigenvalue weighted by Gasteiger charge is 2.29. The monoisotopic (exact) mass is 1190 g/mol. The van der Waals surface area contributed by atoms with Crippen LogP contribution >= 0.6 is 0 Å². The van der Waals surface area contributed by atoms with Gasteiger partial charge in [0.15, 0.2) is 0 Å². The SMILES string of the molecule is c1ccc(-n2c(-c3c4ccccc4c(-c4ccc(-c5cc6cccc7c6c6c5cccc6c5nc(-c6c8ccccc8c(-c8cccc9ccccc89)c8ccccc68)n(-c6ccccc6)c75)cc4)c4ccccc34)nc3c4cccc5ccc6cccc(c6c54)c32)cc1. The van der Waals surface area contributed by atoms with Gasteiger partial charge in [-0.05, 0) is 155 Å². The molecule has 2 heterocycles. The fourth-order valence-corrected chi connectivity index (χ4v) is 16.7. The van der Waals surface area contributed by atoms with Crippen molar-refractivity contribution in [2.24, 2.45) is 0 Å². The van der Waals surface area contributed by atoms with Gasteiger partial charge in [0.1, 0.15) is 11.6 Å². The van der Waals surface area contributed by atoms with Crippen molar-refractivity contribution in [3.63, 3.8) is 0 Å². The van der Waals surface area contributed by atoms with Crippen LogP contribution in [-0.4, -0.2) is 19.1 Å². The Labute approximate surface area is 539 Å². The standard InChI is InChI=1S/C90H52N4/c1-3-27-59(28-4-1)93-87-74-44-19-25-56-51-50-55-24-18-42-72(78(55)79(56)74)85(87)91-89(93)83-67-36-13-9-32-63(67)77(64-33-10-14-37-68(64)83)57-48-46-54(47-49-57)76-52-58-26-20-45-75-80(58)82-71(76)41-21-43-73(82)86-88(75)94(60-29-5-2-6-30-60)90(92-86)84-69-38-15-11-34-65(69)81(66-35-12-16-39-70(66)84)62-40-17-23-53-22-7-8-31-61(53)62/h1-52H. The quantitative estimate of drug-likeness (QED) is 0.118. The molecule has 4 nitrogen and oxygen atoms in total. The van der Waals surface area contributed by atoms with E-state index in [0.717, 1.165) is 94.3 Å². The zero-order chi connectivity index (χ0) is 61.3. The molecule has 4 heteroatoms. The van der Waals surface area contributed by atoms with Crippen LogP contribution in [-0.2, 0) is 0 Å². The second-order valence-corrected chi connectivity index (χ2v) is 25.3. The van der Waals surface area contributed by atoms with E-state index in [1.807, 2.05) is 0 Å². The zero-order valence-corrected chi connectivity index (χ0v) is 50.8. The number of benzene rings is 19. The largest absolute Gasteiger partial charge is 0.292 e. The molecule has 0 amide bonds. The van der Waals surface area contributed by atoms with Gasteiger partial charge in [0.05, 0.1) is 22.1 Å². The Kier molecular flexibility index (Phi) is 10.6. The van der Waals surface area contributed by atoms with Crippen LogP contribution in [0.5, 0.6) is 0 Å². The molecule has 21 aromatic rings. The van der Waals surface area contributed by atoms with Crippen LogP contribution in [0.2, 0.25) is 0 Å². The number of rotatable bonds is 7. The van der Waals surface area contributed by atoms with Crippen molar-refractivity contribution < 1.29 is 0 Å². The minimum absolute atomic E-state index is 0.918. The van der Waals surface area contributed by atoms with Crippen molar-refractivity contribution in [3.8, 4) is 67.5 Å². The van der Waals surface area contributed by atoms with E-state index >= 15 is 0 Å². The summed E-state index contributed by atoms with van der Waals surface area (Å²) in [6.07, 6.45) is 0. The highest BCUT2D eigenvalue weighted by molar-refractivity contribution is 6.36. The van der Waals surface area contributed by atoms with Gasteiger partial charge in [-0.3, -0.25) is 9.13 Å². The molecule has 21 rings (SSSR count). The molecule has 0 saturated heterocycles. The van der Waals surface area contributed by atoms with Gasteiger partial charge in [0, 0.05) is 49.4 Å². The summed E-state index contributed by atoms with van der Waals surface area (Å²) in [5.41, 5.74) is 15.8. The van der Waals surface area contributed by atoms with E-state index in [1.54, 1.807) is 0 Å². The third-order valence-corrected chi connectivity index (χ3v) is 20.5. The van der Waals surface area contributed by atoms with Crippen molar-refractivity contribution in [2.75, 3.05) is 0 Å². The van der Waals surface area contributed by atoms with Crippen LogP contribution < -0.4 is 0 Å². The second kappa shape index (κ2) is 19.5. The number of hydrogen-bond acceptors (Lipinski definition) is 2. The smallest absolute Gasteiger partial charge is 0.147 e. The Morgan fingerprint density at radius 2 is 0.553 bits per heavy atom. The minimum Gasteiger partial charge on any atom is -0.292 e. The maximum atomic E-state index is 6.00. The van der Waals surface area contributed by atoms with E-state index in [1.165, 1.54) is 114 Å². The van der Waals surface area contributed by atoms with Gasteiger partial charge in [0.2, 0.25) is 0 Å². The molecule has 0 aliphatic rings. The Morgan fingerprint density at radius 3 is 1.09 bits per heavy atom. The summed E-state index contributed by atoms with van der Waals surface area (Å²) in [5, 5.41) is 26.4. The fraction of sp³-hybridized carbons (Fsp3) is 0. The molecule has 0 spiro atoms. The lowest BCUT2D eigenvalue weighted by Gasteiger charge is -2.20. The summed E-state index contributed by atoms with van der Waals surface area (Å²) < 4.78 is 4.89. The summed E-state index contributed by atoms with van der Waals surface area (Å²) in [5.74, 6) is 1.84. The average molecular weight is 1190 g/mol. The van der Waals surface area contributed by atoms with Gasteiger partial charge in [-0.1, -0.05) is 285 Å². The number of fused-ring (bicyclic) bond motifs is 11. The molecule has 0 atom stereocenters. The van der Waals surface area contributed by atoms with Crippen molar-refractivity contribution in [2.45, 2.75) is 0 Å². The molecule has 432 valence electrons. The molecular weight excluding hydrogens is 1140 g/mol. The van der Waals surface area contributed by atoms with Crippen LogP contribution in [0.15, 0.2) is 315 Å². The maximum absolute atomic E-state index is 6.00. The van der Waals surface area contributed by atoms with Crippen LogP contribution in [0.25, 0.3) is 208 Å².